The lowest BCUT2D eigenvalue weighted by Gasteiger charge is -2.36. The largest absolute Gasteiger partial charge is 0.466 e. The zero-order valence-corrected chi connectivity index (χ0v) is 10.9. The lowest BCUT2D eigenvalue weighted by molar-refractivity contribution is -0.207. The fourth-order valence-electron chi connectivity index (χ4n) is 1.57. The van der Waals surface area contributed by atoms with Gasteiger partial charge in [0, 0.05) is 1.37 Å². The Hall–Kier alpha value is -2.64. The standard InChI is InChI=1S/C11H12N2O8/c1-18-8(16)10(20-5-3-14)7-12-13-11(10,9(17)19-2)21-6-4-15/h5-6,12-13H,7H2,1-2H3/i7D/hD2. The van der Waals surface area contributed by atoms with Crippen molar-refractivity contribution in [1.29, 1.82) is 0 Å². The van der Waals surface area contributed by atoms with E-state index in [2.05, 4.69) is 9.47 Å². The summed E-state index contributed by atoms with van der Waals surface area (Å²) >= 11 is 0. The number of rotatable bonds is 6. The third kappa shape index (κ3) is 2.51. The van der Waals surface area contributed by atoms with Crippen LogP contribution in [-0.2, 0) is 38.1 Å². The fraction of sp³-hybridized carbons (Fsp3) is 0.455. The van der Waals surface area contributed by atoms with E-state index in [1.54, 1.807) is 0 Å². The zero-order valence-electron chi connectivity index (χ0n) is 13.9. The van der Waals surface area contributed by atoms with Crippen LogP contribution in [0.3, 0.4) is 0 Å². The van der Waals surface area contributed by atoms with Crippen LogP contribution in [0.4, 0.5) is 0 Å². The second kappa shape index (κ2) is 6.69. The molecule has 1 fully saturated rings. The molecule has 0 amide bonds. The zero-order chi connectivity index (χ0) is 18.5. The number of hydrazine groups is 1. The minimum absolute atomic E-state index is 0.0190. The van der Waals surface area contributed by atoms with Gasteiger partial charge in [-0.05, 0) is 0 Å². The van der Waals surface area contributed by atoms with Crippen molar-refractivity contribution in [1.82, 2.24) is 10.8 Å². The van der Waals surface area contributed by atoms with Crippen LogP contribution < -0.4 is 10.8 Å². The summed E-state index contributed by atoms with van der Waals surface area (Å²) < 4.78 is 42.1. The van der Waals surface area contributed by atoms with Crippen LogP contribution in [0, 0.1) is 0 Å². The van der Waals surface area contributed by atoms with Crippen LogP contribution in [-0.4, -0.2) is 55.9 Å². The minimum Gasteiger partial charge on any atom is -0.466 e. The number of methoxy groups -OCH3 is 2. The van der Waals surface area contributed by atoms with Gasteiger partial charge >= 0.3 is 17.7 Å². The van der Waals surface area contributed by atoms with Gasteiger partial charge in [-0.3, -0.25) is 0 Å². The van der Waals surface area contributed by atoms with Gasteiger partial charge in [-0.25, -0.2) is 30.0 Å². The van der Waals surface area contributed by atoms with Crippen LogP contribution in [0.1, 0.15) is 1.37 Å². The highest BCUT2D eigenvalue weighted by molar-refractivity contribution is 5.94. The molecule has 1 heterocycles. The van der Waals surface area contributed by atoms with Crippen molar-refractivity contribution < 1.29 is 42.3 Å². The molecule has 1 rings (SSSR count). The predicted octanol–water partition coefficient (Wildman–Crippen LogP) is -2.40. The van der Waals surface area contributed by atoms with E-state index in [1.807, 2.05) is 0 Å². The van der Waals surface area contributed by atoms with Crippen molar-refractivity contribution in [3.8, 4) is 0 Å². The van der Waals surface area contributed by atoms with E-state index >= 15 is 0 Å². The molecule has 0 aromatic carbocycles. The number of carbonyl (C=O) groups excluding carboxylic acids is 4. The van der Waals surface area contributed by atoms with Gasteiger partial charge in [-0.2, -0.15) is 0 Å². The van der Waals surface area contributed by atoms with Gasteiger partial charge in [-0.15, -0.1) is 0 Å². The quantitative estimate of drug-likeness (QED) is 0.311. The van der Waals surface area contributed by atoms with Crippen LogP contribution in [0.15, 0.2) is 12.5 Å². The SMILES string of the molecule is [2H]C1N([2H])N([2H])C(OC=C=O)(C(=O)OC)C1(OC=C=O)C(=O)OC. The highest BCUT2D eigenvalue weighted by Gasteiger charge is 2.71. The summed E-state index contributed by atoms with van der Waals surface area (Å²) in [6, 6.07) is 0. The number of ether oxygens (including phenoxy) is 4. The van der Waals surface area contributed by atoms with E-state index in [0.717, 1.165) is 26.1 Å². The molecule has 1 saturated heterocycles. The molecule has 1 aliphatic rings. The van der Waals surface area contributed by atoms with E-state index in [0.29, 0.717) is 0 Å². The second-order valence-electron chi connectivity index (χ2n) is 3.41. The molecule has 0 aromatic rings. The average Bonchev–Trinajstić information content (AvgIpc) is 2.76. The van der Waals surface area contributed by atoms with Crippen molar-refractivity contribution in [3.05, 3.63) is 12.5 Å². The molecule has 2 N–H and O–H groups in total. The molecule has 0 bridgehead atoms. The summed E-state index contributed by atoms with van der Waals surface area (Å²) in [4.78, 5) is 45.6. The van der Waals surface area contributed by atoms with Crippen LogP contribution in [0.2, 0.25) is 2.82 Å². The molecule has 21 heavy (non-hydrogen) atoms. The topological polar surface area (TPSA) is 129 Å². The van der Waals surface area contributed by atoms with E-state index < -0.39 is 29.8 Å². The predicted molar refractivity (Wildman–Crippen MR) is 63.3 cm³/mol. The first kappa shape index (κ1) is 12.1. The number of hydrogen-bond acceptors (Lipinski definition) is 10. The maximum Gasteiger partial charge on any atom is 0.372 e. The van der Waals surface area contributed by atoms with Crippen molar-refractivity contribution in [2.45, 2.75) is 11.3 Å². The van der Waals surface area contributed by atoms with E-state index in [4.69, 9.17) is 13.7 Å². The van der Waals surface area contributed by atoms with Crippen LogP contribution in [0.25, 0.3) is 0 Å². The monoisotopic (exact) mass is 303 g/mol. The Kier molecular flexibility index (Phi) is 3.86. The van der Waals surface area contributed by atoms with Gasteiger partial charge in [-0.1, -0.05) is 0 Å². The molecule has 3 atom stereocenters. The van der Waals surface area contributed by atoms with Crippen molar-refractivity contribution in [2.24, 2.45) is 0 Å². The average molecular weight is 303 g/mol. The lowest BCUT2D eigenvalue weighted by Crippen LogP contribution is -2.68. The maximum atomic E-state index is 12.3. The Morgan fingerprint density at radius 2 is 1.76 bits per heavy atom. The number of nitrogens with one attached hydrogen (secondary N) is 2. The van der Waals surface area contributed by atoms with Gasteiger partial charge < -0.3 is 18.9 Å². The van der Waals surface area contributed by atoms with Gasteiger partial charge in [0.15, 0.2) is 24.4 Å². The summed E-state index contributed by atoms with van der Waals surface area (Å²) in [5.74, 6) is -0.634. The molecule has 0 aliphatic carbocycles. The number of hydrogen-bond donors (Lipinski definition) is 2. The molecular weight excluding hydrogens is 288 g/mol. The Balaban J connectivity index is 3.84. The first-order valence-electron chi connectivity index (χ1n) is 6.69. The number of carbonyl (C=O) groups is 2. The normalized spacial score (nSPS) is 34.2. The Morgan fingerprint density at radius 1 is 1.19 bits per heavy atom. The third-order valence-electron chi connectivity index (χ3n) is 2.46. The molecule has 10 heteroatoms. The van der Waals surface area contributed by atoms with E-state index in [9.17, 15) is 19.2 Å². The van der Waals surface area contributed by atoms with Gasteiger partial charge in [0.05, 0.1) is 20.7 Å². The fourth-order valence-corrected chi connectivity index (χ4v) is 1.57. The minimum atomic E-state index is -2.99. The molecule has 114 valence electrons. The highest BCUT2D eigenvalue weighted by Crippen LogP contribution is 2.34. The molecule has 3 unspecified atom stereocenters. The summed E-state index contributed by atoms with van der Waals surface area (Å²) in [5, 5.41) is 0. The van der Waals surface area contributed by atoms with E-state index in [1.165, 1.54) is 0 Å². The summed E-state index contributed by atoms with van der Waals surface area (Å²) in [7, 11) is 1.72. The Bertz CT molecular complexity index is 568. The highest BCUT2D eigenvalue weighted by atomic mass is 16.6. The molecule has 0 spiro atoms. The van der Waals surface area contributed by atoms with Crippen LogP contribution in [0.5, 0.6) is 0 Å². The van der Waals surface area contributed by atoms with Crippen LogP contribution >= 0.6 is 0 Å². The molecule has 0 saturated carbocycles. The smallest absolute Gasteiger partial charge is 0.372 e. The van der Waals surface area contributed by atoms with Gasteiger partial charge in [0.25, 0.3) is 5.60 Å². The molecule has 0 radical (unpaired) electrons. The van der Waals surface area contributed by atoms with Crippen molar-refractivity contribution in [3.63, 3.8) is 0 Å². The lowest BCUT2D eigenvalue weighted by atomic mass is 9.91. The van der Waals surface area contributed by atoms with Gasteiger partial charge in [0.1, 0.15) is 2.82 Å². The van der Waals surface area contributed by atoms with Crippen molar-refractivity contribution in [2.75, 3.05) is 20.7 Å². The summed E-state index contributed by atoms with van der Waals surface area (Å²) in [6.45, 7) is -2.13. The summed E-state index contributed by atoms with van der Waals surface area (Å²) in [5.41, 5.74) is -5.94. The first-order valence-corrected chi connectivity index (χ1v) is 5.22. The van der Waals surface area contributed by atoms with E-state index in [-0.39, 0.29) is 23.4 Å². The summed E-state index contributed by atoms with van der Waals surface area (Å²) in [6.07, 6.45) is 0.535. The van der Waals surface area contributed by atoms with Gasteiger partial charge in [0.2, 0.25) is 0 Å². The Labute approximate surface area is 123 Å². The molecule has 10 nitrogen and oxygen atoms in total. The molecular formula is C11H12N2O8. The molecule has 0 aromatic heterocycles. The number of esters is 2. The maximum absolute atomic E-state index is 12.3. The Morgan fingerprint density at radius 3 is 2.29 bits per heavy atom. The second-order valence-corrected chi connectivity index (χ2v) is 3.41. The first-order chi connectivity index (χ1) is 11.3. The third-order valence-corrected chi connectivity index (χ3v) is 2.46. The van der Waals surface area contributed by atoms with Crippen molar-refractivity contribution >= 4 is 23.8 Å². The molecule has 1 aliphatic heterocycles.